The summed E-state index contributed by atoms with van der Waals surface area (Å²) in [4.78, 5) is 0. The summed E-state index contributed by atoms with van der Waals surface area (Å²) in [5.41, 5.74) is 5.38. The Morgan fingerprint density at radius 1 is 1.44 bits per heavy atom. The first-order valence-electron chi connectivity index (χ1n) is 5.59. The van der Waals surface area contributed by atoms with Crippen molar-refractivity contribution in [2.24, 2.45) is 11.7 Å². The van der Waals surface area contributed by atoms with Crippen LogP contribution >= 0.6 is 0 Å². The van der Waals surface area contributed by atoms with Gasteiger partial charge in [0.05, 0.1) is 5.60 Å². The van der Waals surface area contributed by atoms with Crippen LogP contribution in [0.5, 0.6) is 0 Å². The van der Waals surface area contributed by atoms with Crippen LogP contribution in [-0.2, 0) is 0 Å². The highest BCUT2D eigenvalue weighted by Crippen LogP contribution is 2.30. The zero-order valence-corrected chi connectivity index (χ0v) is 10.6. The molecule has 0 radical (unpaired) electrons. The highest BCUT2D eigenvalue weighted by molar-refractivity contribution is 5.03. The highest BCUT2D eigenvalue weighted by atomic mass is 19.3. The van der Waals surface area contributed by atoms with E-state index in [1.165, 1.54) is 6.08 Å². The molecule has 0 aromatic carbocycles. The third kappa shape index (κ3) is 6.77. The number of halogens is 2. The van der Waals surface area contributed by atoms with E-state index in [1.54, 1.807) is 0 Å². The first-order chi connectivity index (χ1) is 7.04. The molecule has 0 bridgehead atoms. The Balaban J connectivity index is 0.000000293. The number of allylic oxidation sites excluding steroid dienone is 2. The number of rotatable bonds is 1. The lowest BCUT2D eigenvalue weighted by molar-refractivity contribution is -0.00877. The van der Waals surface area contributed by atoms with Gasteiger partial charge in [0.1, 0.15) is 0 Å². The van der Waals surface area contributed by atoms with Gasteiger partial charge in [-0.05, 0) is 26.2 Å². The topological polar surface area (TPSA) is 46.2 Å². The Morgan fingerprint density at radius 3 is 2.06 bits per heavy atom. The zero-order valence-electron chi connectivity index (χ0n) is 10.6. The molecule has 2 nitrogen and oxygen atoms in total. The predicted octanol–water partition coefficient (Wildman–Crippen LogP) is 3.06. The maximum atomic E-state index is 12.3. The van der Waals surface area contributed by atoms with Crippen molar-refractivity contribution in [2.45, 2.75) is 58.5 Å². The van der Waals surface area contributed by atoms with Gasteiger partial charge in [0, 0.05) is 18.5 Å². The van der Waals surface area contributed by atoms with Crippen molar-refractivity contribution in [3.8, 4) is 0 Å². The van der Waals surface area contributed by atoms with E-state index < -0.39 is 11.5 Å². The second kappa shape index (κ2) is 5.62. The minimum absolute atomic E-state index is 0.0880. The van der Waals surface area contributed by atoms with E-state index in [9.17, 15) is 8.78 Å². The molecule has 16 heavy (non-hydrogen) atoms. The fourth-order valence-electron chi connectivity index (χ4n) is 0.812. The van der Waals surface area contributed by atoms with Gasteiger partial charge in [0.25, 0.3) is 5.92 Å². The molecule has 96 valence electrons. The largest absolute Gasteiger partial charge is 0.402 e. The number of hydrogen-bond acceptors (Lipinski definition) is 2. The molecule has 0 aromatic rings. The quantitative estimate of drug-likeness (QED) is 0.733. The van der Waals surface area contributed by atoms with Gasteiger partial charge in [0.15, 0.2) is 0 Å². The van der Waals surface area contributed by atoms with Crippen LogP contribution in [0.15, 0.2) is 11.8 Å². The normalized spacial score (nSPS) is 19.9. The molecule has 1 aliphatic rings. The minimum atomic E-state index is -2.50. The van der Waals surface area contributed by atoms with E-state index in [4.69, 9.17) is 10.8 Å². The van der Waals surface area contributed by atoms with Crippen LogP contribution in [0, 0.1) is 5.92 Å². The zero-order chi connectivity index (χ0) is 13.0. The molecule has 3 N–H and O–H groups in total. The van der Waals surface area contributed by atoms with Crippen molar-refractivity contribution in [3.05, 3.63) is 11.8 Å². The average Bonchev–Trinajstić information content (AvgIpc) is 2.10. The van der Waals surface area contributed by atoms with Crippen LogP contribution in [-0.4, -0.2) is 16.6 Å². The van der Waals surface area contributed by atoms with Gasteiger partial charge in [-0.2, -0.15) is 0 Å². The van der Waals surface area contributed by atoms with Crippen molar-refractivity contribution >= 4 is 0 Å². The van der Waals surface area contributed by atoms with E-state index in [0.717, 1.165) is 0 Å². The Kier molecular flexibility index (Phi) is 5.39. The highest BCUT2D eigenvalue weighted by Gasteiger charge is 2.29. The molecular formula is C12H23F2NO. The molecular weight excluding hydrogens is 212 g/mol. The van der Waals surface area contributed by atoms with Gasteiger partial charge in [-0.15, -0.1) is 0 Å². The van der Waals surface area contributed by atoms with Crippen LogP contribution in [0.1, 0.15) is 47.0 Å². The fraction of sp³-hybridized carbons (Fsp3) is 0.833. The fourth-order valence-corrected chi connectivity index (χ4v) is 0.812. The lowest BCUT2D eigenvalue weighted by atomic mass is 9.95. The van der Waals surface area contributed by atoms with E-state index in [2.05, 4.69) is 0 Å². The Bertz CT molecular complexity index is 242. The summed E-state index contributed by atoms with van der Waals surface area (Å²) in [5.74, 6) is -2.14. The van der Waals surface area contributed by atoms with Crippen molar-refractivity contribution in [3.63, 3.8) is 0 Å². The van der Waals surface area contributed by atoms with Crippen molar-refractivity contribution in [2.75, 3.05) is 0 Å². The van der Waals surface area contributed by atoms with E-state index in [1.807, 2.05) is 27.7 Å². The third-order valence-corrected chi connectivity index (χ3v) is 2.86. The molecule has 1 aliphatic carbocycles. The summed E-state index contributed by atoms with van der Waals surface area (Å²) >= 11 is 0. The van der Waals surface area contributed by atoms with Crippen LogP contribution in [0.25, 0.3) is 0 Å². The molecule has 0 saturated heterocycles. The molecule has 0 saturated carbocycles. The lowest BCUT2D eigenvalue weighted by Crippen LogP contribution is -2.25. The number of alkyl halides is 2. The standard InChI is InChI=1S/C6H9F2N.C6H14O/c7-6(8)3-1-5(9)2-4-6;1-5(2)6(3,4)7/h1H,2-4,9H2;5,7H,1-4H3. The third-order valence-electron chi connectivity index (χ3n) is 2.86. The summed E-state index contributed by atoms with van der Waals surface area (Å²) in [7, 11) is 0. The number of nitrogens with two attached hydrogens (primary N) is 1. The first kappa shape index (κ1) is 15.4. The van der Waals surface area contributed by atoms with Crippen molar-refractivity contribution < 1.29 is 13.9 Å². The lowest BCUT2D eigenvalue weighted by Gasteiger charge is -2.21. The van der Waals surface area contributed by atoms with Gasteiger partial charge in [-0.25, -0.2) is 8.78 Å². The monoisotopic (exact) mass is 235 g/mol. The molecule has 0 aliphatic heterocycles. The Labute approximate surface area is 96.5 Å². The molecule has 0 spiro atoms. The molecule has 0 amide bonds. The average molecular weight is 235 g/mol. The second-order valence-electron chi connectivity index (χ2n) is 5.15. The van der Waals surface area contributed by atoms with Gasteiger partial charge in [-0.1, -0.05) is 19.9 Å². The maximum absolute atomic E-state index is 12.3. The van der Waals surface area contributed by atoms with Gasteiger partial charge >= 0.3 is 0 Å². The Morgan fingerprint density at radius 2 is 1.88 bits per heavy atom. The second-order valence-corrected chi connectivity index (χ2v) is 5.15. The predicted molar refractivity (Wildman–Crippen MR) is 62.2 cm³/mol. The molecule has 0 unspecified atom stereocenters. The van der Waals surface area contributed by atoms with Crippen LogP contribution in [0.3, 0.4) is 0 Å². The maximum Gasteiger partial charge on any atom is 0.252 e. The Hall–Kier alpha value is -0.640. The summed E-state index contributed by atoms with van der Waals surface area (Å²) in [6.45, 7) is 7.63. The molecule has 0 fully saturated rings. The molecule has 4 heteroatoms. The van der Waals surface area contributed by atoms with Crippen molar-refractivity contribution in [1.29, 1.82) is 0 Å². The molecule has 0 heterocycles. The van der Waals surface area contributed by atoms with E-state index in [0.29, 0.717) is 18.0 Å². The van der Waals surface area contributed by atoms with Crippen LogP contribution in [0.4, 0.5) is 8.78 Å². The number of aliphatic hydroxyl groups is 1. The molecule has 1 rings (SSSR count). The van der Waals surface area contributed by atoms with E-state index in [-0.39, 0.29) is 12.8 Å². The van der Waals surface area contributed by atoms with Crippen LogP contribution < -0.4 is 5.73 Å². The summed E-state index contributed by atoms with van der Waals surface area (Å²) < 4.78 is 24.6. The molecule has 0 atom stereocenters. The SMILES string of the molecule is CC(C)C(C)(C)O.NC1=CCC(F)(F)CC1. The summed E-state index contributed by atoms with van der Waals surface area (Å²) in [5, 5.41) is 9.09. The summed E-state index contributed by atoms with van der Waals surface area (Å²) in [6, 6.07) is 0. The first-order valence-corrected chi connectivity index (χ1v) is 5.59. The number of hydrogen-bond donors (Lipinski definition) is 2. The van der Waals surface area contributed by atoms with Gasteiger partial charge in [-0.3, -0.25) is 0 Å². The summed E-state index contributed by atoms with van der Waals surface area (Å²) in [6.07, 6.45) is 1.48. The van der Waals surface area contributed by atoms with Gasteiger partial charge < -0.3 is 10.8 Å². The van der Waals surface area contributed by atoms with Crippen molar-refractivity contribution in [1.82, 2.24) is 0 Å². The molecule has 0 aromatic heterocycles. The van der Waals surface area contributed by atoms with Gasteiger partial charge in [0.2, 0.25) is 0 Å². The van der Waals surface area contributed by atoms with Crippen LogP contribution in [0.2, 0.25) is 0 Å². The minimum Gasteiger partial charge on any atom is -0.402 e. The van der Waals surface area contributed by atoms with E-state index >= 15 is 0 Å². The smallest absolute Gasteiger partial charge is 0.252 e.